The lowest BCUT2D eigenvalue weighted by atomic mass is 10.1. The van der Waals surface area contributed by atoms with Crippen LogP contribution in [0.1, 0.15) is 18.1 Å². The van der Waals surface area contributed by atoms with E-state index < -0.39 is 0 Å². The number of rotatable bonds is 3. The summed E-state index contributed by atoms with van der Waals surface area (Å²) >= 11 is 0. The lowest BCUT2D eigenvalue weighted by Crippen LogP contribution is -1.94. The minimum Gasteiger partial charge on any atom is -0.494 e. The first-order chi connectivity index (χ1) is 5.77. The molecule has 0 unspecified atom stereocenters. The maximum atomic E-state index is 5.41. The highest BCUT2D eigenvalue weighted by Crippen LogP contribution is 2.19. The van der Waals surface area contributed by atoms with Crippen LogP contribution < -0.4 is 4.74 Å². The Hall–Kier alpha value is -1.24. The van der Waals surface area contributed by atoms with Crippen LogP contribution >= 0.6 is 0 Å². The van der Waals surface area contributed by atoms with E-state index in [9.17, 15) is 0 Å². The van der Waals surface area contributed by atoms with E-state index in [1.54, 1.807) is 0 Å². The van der Waals surface area contributed by atoms with E-state index >= 15 is 0 Å². The smallest absolute Gasteiger partial charge is 0.122 e. The van der Waals surface area contributed by atoms with Gasteiger partial charge in [0, 0.05) is 0 Å². The van der Waals surface area contributed by atoms with Gasteiger partial charge in [-0.15, -0.1) is 0 Å². The van der Waals surface area contributed by atoms with Crippen LogP contribution in [0.2, 0.25) is 0 Å². The highest BCUT2D eigenvalue weighted by molar-refractivity contribution is 5.38. The molecule has 1 nitrogen and oxygen atoms in total. The van der Waals surface area contributed by atoms with Gasteiger partial charge in [-0.25, -0.2) is 0 Å². The topological polar surface area (TPSA) is 9.23 Å². The quantitative estimate of drug-likeness (QED) is 0.662. The zero-order valence-corrected chi connectivity index (χ0v) is 7.55. The first-order valence-electron chi connectivity index (χ1n) is 4.04. The number of hydrogen-bond donors (Lipinski definition) is 0. The van der Waals surface area contributed by atoms with Crippen LogP contribution in [-0.2, 0) is 0 Å². The molecule has 0 amide bonds. The molecule has 0 aliphatic carbocycles. The number of aryl methyl sites for hydroxylation is 1. The summed E-state index contributed by atoms with van der Waals surface area (Å²) < 4.78 is 5.41. The molecule has 0 fully saturated rings. The number of benzene rings is 1. The van der Waals surface area contributed by atoms with Crippen molar-refractivity contribution in [2.24, 2.45) is 0 Å². The molecule has 0 aromatic heterocycles. The highest BCUT2D eigenvalue weighted by Gasteiger charge is 1.97. The van der Waals surface area contributed by atoms with Gasteiger partial charge in [-0.3, -0.25) is 0 Å². The first kappa shape index (κ1) is 8.85. The van der Waals surface area contributed by atoms with Crippen LogP contribution in [0.3, 0.4) is 0 Å². The van der Waals surface area contributed by atoms with Crippen LogP contribution in [0.25, 0.3) is 0 Å². The molecule has 0 N–H and O–H groups in total. The Morgan fingerprint density at radius 3 is 2.83 bits per heavy atom. The molecule has 0 saturated heterocycles. The molecule has 1 aromatic rings. The molecule has 63 valence electrons. The minimum absolute atomic E-state index is 0.696. The third-order valence-corrected chi connectivity index (χ3v) is 1.69. The molecule has 0 heterocycles. The Morgan fingerprint density at radius 1 is 1.50 bits per heavy atom. The van der Waals surface area contributed by atoms with Gasteiger partial charge in [0.2, 0.25) is 0 Å². The Bertz CT molecular complexity index is 276. The molecule has 0 aliphatic heterocycles. The number of hydrogen-bond acceptors (Lipinski definition) is 1. The SMILES string of the molecule is C=[C]c1ccc(C)c(OCC)c1. The molecule has 0 aliphatic rings. The molecular weight excluding hydrogens is 148 g/mol. The Morgan fingerprint density at radius 2 is 2.25 bits per heavy atom. The fourth-order valence-corrected chi connectivity index (χ4v) is 1.02. The van der Waals surface area contributed by atoms with Gasteiger partial charge >= 0.3 is 0 Å². The Labute approximate surface area is 73.7 Å². The average molecular weight is 161 g/mol. The predicted octanol–water partition coefficient (Wildman–Crippen LogP) is 2.73. The molecular formula is C11H13O. The second-order valence-corrected chi connectivity index (χ2v) is 2.59. The second-order valence-electron chi connectivity index (χ2n) is 2.59. The van der Waals surface area contributed by atoms with Crippen molar-refractivity contribution in [3.05, 3.63) is 42.0 Å². The van der Waals surface area contributed by atoms with Crippen LogP contribution in [0.5, 0.6) is 5.75 Å². The lowest BCUT2D eigenvalue weighted by Gasteiger charge is -2.06. The lowest BCUT2D eigenvalue weighted by molar-refractivity contribution is 0.338. The summed E-state index contributed by atoms with van der Waals surface area (Å²) in [6.45, 7) is 8.28. The largest absolute Gasteiger partial charge is 0.494 e. The molecule has 1 aromatic carbocycles. The molecule has 1 radical (unpaired) electrons. The van der Waals surface area contributed by atoms with E-state index in [0.29, 0.717) is 6.61 Å². The van der Waals surface area contributed by atoms with Crippen LogP contribution in [0, 0.1) is 13.0 Å². The van der Waals surface area contributed by atoms with Gasteiger partial charge in [0.15, 0.2) is 0 Å². The molecule has 1 heteroatoms. The van der Waals surface area contributed by atoms with Crippen molar-refractivity contribution in [3.8, 4) is 5.75 Å². The summed E-state index contributed by atoms with van der Waals surface area (Å²) in [4.78, 5) is 0. The predicted molar refractivity (Wildman–Crippen MR) is 50.3 cm³/mol. The summed E-state index contributed by atoms with van der Waals surface area (Å²) in [5.41, 5.74) is 2.12. The van der Waals surface area contributed by atoms with Gasteiger partial charge in [0.1, 0.15) is 5.75 Å². The maximum absolute atomic E-state index is 5.41. The molecule has 12 heavy (non-hydrogen) atoms. The van der Waals surface area contributed by atoms with Crippen molar-refractivity contribution < 1.29 is 4.74 Å². The Balaban J connectivity index is 2.99. The van der Waals surface area contributed by atoms with Crippen LogP contribution in [-0.4, -0.2) is 6.61 Å². The van der Waals surface area contributed by atoms with Crippen molar-refractivity contribution >= 4 is 0 Å². The maximum Gasteiger partial charge on any atom is 0.122 e. The summed E-state index contributed by atoms with van der Waals surface area (Å²) in [5, 5.41) is 0. The summed E-state index contributed by atoms with van der Waals surface area (Å²) in [5.74, 6) is 0.922. The van der Waals surface area contributed by atoms with Crippen molar-refractivity contribution in [2.45, 2.75) is 13.8 Å². The first-order valence-corrected chi connectivity index (χ1v) is 4.04. The fraction of sp³-hybridized carbons (Fsp3) is 0.273. The van der Waals surface area contributed by atoms with Crippen molar-refractivity contribution in [2.75, 3.05) is 6.61 Å². The third kappa shape index (κ3) is 1.88. The van der Waals surface area contributed by atoms with Crippen molar-refractivity contribution in [1.29, 1.82) is 0 Å². The molecule has 0 saturated carbocycles. The van der Waals surface area contributed by atoms with E-state index in [2.05, 4.69) is 12.7 Å². The minimum atomic E-state index is 0.696. The normalized spacial score (nSPS) is 9.50. The monoisotopic (exact) mass is 161 g/mol. The molecule has 0 bridgehead atoms. The van der Waals surface area contributed by atoms with E-state index in [-0.39, 0.29) is 0 Å². The van der Waals surface area contributed by atoms with Crippen molar-refractivity contribution in [1.82, 2.24) is 0 Å². The Kier molecular flexibility index (Phi) is 2.92. The van der Waals surface area contributed by atoms with Gasteiger partial charge < -0.3 is 4.74 Å². The van der Waals surface area contributed by atoms with E-state index in [4.69, 9.17) is 4.74 Å². The third-order valence-electron chi connectivity index (χ3n) is 1.69. The molecule has 0 atom stereocenters. The zero-order chi connectivity index (χ0) is 8.97. The van der Waals surface area contributed by atoms with Gasteiger partial charge in [-0.05, 0) is 37.1 Å². The van der Waals surface area contributed by atoms with E-state index in [0.717, 1.165) is 16.9 Å². The molecule has 0 spiro atoms. The summed E-state index contributed by atoms with van der Waals surface area (Å²) in [7, 11) is 0. The summed E-state index contributed by atoms with van der Waals surface area (Å²) in [6.07, 6.45) is 2.82. The van der Waals surface area contributed by atoms with Crippen LogP contribution in [0.4, 0.5) is 0 Å². The van der Waals surface area contributed by atoms with Crippen molar-refractivity contribution in [3.63, 3.8) is 0 Å². The van der Waals surface area contributed by atoms with Gasteiger partial charge in [0.05, 0.1) is 6.61 Å². The molecule has 1 rings (SSSR count). The fourth-order valence-electron chi connectivity index (χ4n) is 1.02. The van der Waals surface area contributed by atoms with Gasteiger partial charge in [-0.1, -0.05) is 18.7 Å². The second kappa shape index (κ2) is 3.96. The standard InChI is InChI=1S/C11H13O/c1-4-10-7-6-9(3)11(8-10)12-5-2/h6-8H,1,5H2,2-3H3. The van der Waals surface area contributed by atoms with Gasteiger partial charge in [-0.2, -0.15) is 0 Å². The van der Waals surface area contributed by atoms with Gasteiger partial charge in [0.25, 0.3) is 0 Å². The highest BCUT2D eigenvalue weighted by atomic mass is 16.5. The summed E-state index contributed by atoms with van der Waals surface area (Å²) in [6, 6.07) is 5.94. The average Bonchev–Trinajstić information content (AvgIpc) is 2.09. The van der Waals surface area contributed by atoms with Crippen LogP contribution in [0.15, 0.2) is 24.8 Å². The van der Waals surface area contributed by atoms with E-state index in [1.807, 2.05) is 32.0 Å². The van der Waals surface area contributed by atoms with E-state index in [1.165, 1.54) is 0 Å². The number of ether oxygens (including phenoxy) is 1. The zero-order valence-electron chi connectivity index (χ0n) is 7.55.